The molecule has 0 aromatic heterocycles. The fourth-order valence-electron chi connectivity index (χ4n) is 3.37. The maximum Gasteiger partial charge on any atom is 0.317 e. The lowest BCUT2D eigenvalue weighted by Crippen LogP contribution is -2.43. The van der Waals surface area contributed by atoms with Gasteiger partial charge in [-0.05, 0) is 56.7 Å². The van der Waals surface area contributed by atoms with Crippen LogP contribution in [0, 0.1) is 26.2 Å². The summed E-state index contributed by atoms with van der Waals surface area (Å²) in [4.78, 5) is 24.0. The van der Waals surface area contributed by atoms with Crippen LogP contribution in [0.5, 0.6) is 0 Å². The molecule has 0 saturated heterocycles. The van der Waals surface area contributed by atoms with Crippen LogP contribution in [0.3, 0.4) is 0 Å². The van der Waals surface area contributed by atoms with Crippen molar-refractivity contribution in [1.82, 2.24) is 0 Å². The number of benzene rings is 1. The van der Waals surface area contributed by atoms with Crippen molar-refractivity contribution >= 4 is 11.8 Å². The van der Waals surface area contributed by atoms with Gasteiger partial charge >= 0.3 is 5.97 Å². The Morgan fingerprint density at radius 1 is 1.20 bits per heavy atom. The lowest BCUT2D eigenvalue weighted by atomic mass is 9.68. The Labute approximate surface area is 120 Å². The molecule has 3 heteroatoms. The number of carbonyl (C=O) groups excluding carboxylic acids is 1. The van der Waals surface area contributed by atoms with E-state index < -0.39 is 11.4 Å². The molecule has 1 aliphatic carbocycles. The second-order valence-corrected chi connectivity index (χ2v) is 6.07. The number of aliphatic carboxylic acids is 1. The number of ketones is 1. The fourth-order valence-corrected chi connectivity index (χ4v) is 3.37. The number of Topliss-reactive ketones (excluding diaryl/α,β-unsaturated/α-hetero) is 1. The summed E-state index contributed by atoms with van der Waals surface area (Å²) in [6.45, 7) is 6.03. The molecule has 1 N–H and O–H groups in total. The van der Waals surface area contributed by atoms with Gasteiger partial charge in [0.05, 0.1) is 0 Å². The second kappa shape index (κ2) is 5.39. The maximum absolute atomic E-state index is 12.3. The largest absolute Gasteiger partial charge is 0.480 e. The minimum absolute atomic E-state index is 0.101. The minimum Gasteiger partial charge on any atom is -0.480 e. The molecule has 2 rings (SSSR count). The maximum atomic E-state index is 12.3. The topological polar surface area (TPSA) is 54.4 Å². The molecule has 0 heterocycles. The molecule has 0 amide bonds. The highest BCUT2D eigenvalue weighted by Gasteiger charge is 2.47. The van der Waals surface area contributed by atoms with E-state index in [-0.39, 0.29) is 5.78 Å². The quantitative estimate of drug-likeness (QED) is 0.860. The molecule has 1 aliphatic rings. The van der Waals surface area contributed by atoms with E-state index in [1.54, 1.807) is 0 Å². The third-order valence-electron chi connectivity index (χ3n) is 4.52. The van der Waals surface area contributed by atoms with Gasteiger partial charge in [-0.25, -0.2) is 0 Å². The predicted molar refractivity (Wildman–Crippen MR) is 77.9 cm³/mol. The smallest absolute Gasteiger partial charge is 0.317 e. The highest BCUT2D eigenvalue weighted by atomic mass is 16.4. The molecule has 0 bridgehead atoms. The van der Waals surface area contributed by atoms with Gasteiger partial charge in [-0.3, -0.25) is 9.59 Å². The molecule has 3 nitrogen and oxygen atoms in total. The Hall–Kier alpha value is -1.64. The Kier molecular flexibility index (Phi) is 3.98. The molecule has 1 aromatic carbocycles. The van der Waals surface area contributed by atoms with Crippen molar-refractivity contribution in [2.24, 2.45) is 5.41 Å². The molecule has 108 valence electrons. The summed E-state index contributed by atoms with van der Waals surface area (Å²) in [5, 5.41) is 9.64. The number of carboxylic acids is 1. The summed E-state index contributed by atoms with van der Waals surface area (Å²) in [6, 6.07) is 4.12. The van der Waals surface area contributed by atoms with E-state index in [2.05, 4.69) is 12.1 Å². The fraction of sp³-hybridized carbons (Fsp3) is 0.529. The molecule has 1 fully saturated rings. The van der Waals surface area contributed by atoms with Gasteiger partial charge in [0, 0.05) is 6.42 Å². The summed E-state index contributed by atoms with van der Waals surface area (Å²) in [5.74, 6) is -1.06. The van der Waals surface area contributed by atoms with Crippen LogP contribution in [0.4, 0.5) is 0 Å². The average molecular weight is 274 g/mol. The Morgan fingerprint density at radius 2 is 1.80 bits per heavy atom. The lowest BCUT2D eigenvalue weighted by molar-refractivity contribution is -0.157. The van der Waals surface area contributed by atoms with E-state index in [1.807, 2.05) is 20.8 Å². The number of carboxylic acid groups (broad SMARTS) is 1. The molecule has 1 atom stereocenters. The van der Waals surface area contributed by atoms with E-state index in [4.69, 9.17) is 0 Å². The van der Waals surface area contributed by atoms with Gasteiger partial charge in [0.15, 0.2) is 5.78 Å². The van der Waals surface area contributed by atoms with Gasteiger partial charge in [-0.2, -0.15) is 0 Å². The molecule has 0 aliphatic heterocycles. The van der Waals surface area contributed by atoms with E-state index >= 15 is 0 Å². The summed E-state index contributed by atoms with van der Waals surface area (Å²) < 4.78 is 0. The van der Waals surface area contributed by atoms with Crippen molar-refractivity contribution in [3.8, 4) is 0 Å². The standard InChI is InChI=1S/C17H22O3/c1-11-8-12(2)14(13(3)9-11)10-17(16(19)20)7-5-4-6-15(17)18/h8-9H,4-7,10H2,1-3H3,(H,19,20). The minimum atomic E-state index is -1.21. The van der Waals surface area contributed by atoms with Crippen LogP contribution in [0.2, 0.25) is 0 Å². The highest BCUT2D eigenvalue weighted by molar-refractivity contribution is 6.03. The van der Waals surface area contributed by atoms with Crippen LogP contribution in [0.1, 0.15) is 47.9 Å². The van der Waals surface area contributed by atoms with Gasteiger partial charge in [0.25, 0.3) is 0 Å². The number of hydrogen-bond donors (Lipinski definition) is 1. The molecular weight excluding hydrogens is 252 g/mol. The third kappa shape index (κ3) is 2.49. The van der Waals surface area contributed by atoms with Crippen molar-refractivity contribution in [3.63, 3.8) is 0 Å². The number of aryl methyl sites for hydroxylation is 3. The zero-order chi connectivity index (χ0) is 14.9. The Balaban J connectivity index is 2.44. The monoisotopic (exact) mass is 274 g/mol. The van der Waals surface area contributed by atoms with E-state index in [0.29, 0.717) is 19.3 Å². The zero-order valence-electron chi connectivity index (χ0n) is 12.5. The molecule has 1 aromatic rings. The van der Waals surface area contributed by atoms with Gasteiger partial charge in [0.2, 0.25) is 0 Å². The van der Waals surface area contributed by atoms with Gasteiger partial charge in [-0.15, -0.1) is 0 Å². The van der Waals surface area contributed by atoms with Crippen LogP contribution in [-0.4, -0.2) is 16.9 Å². The van der Waals surface area contributed by atoms with Gasteiger partial charge in [0.1, 0.15) is 5.41 Å². The molecule has 1 saturated carbocycles. The van der Waals surface area contributed by atoms with Crippen molar-refractivity contribution in [2.45, 2.75) is 52.9 Å². The van der Waals surface area contributed by atoms with Gasteiger partial charge in [-0.1, -0.05) is 24.1 Å². The van der Waals surface area contributed by atoms with Crippen molar-refractivity contribution in [2.75, 3.05) is 0 Å². The first-order valence-corrected chi connectivity index (χ1v) is 7.20. The first-order chi connectivity index (χ1) is 9.36. The van der Waals surface area contributed by atoms with E-state index in [1.165, 1.54) is 5.56 Å². The number of carbonyl (C=O) groups is 2. The number of hydrogen-bond acceptors (Lipinski definition) is 2. The zero-order valence-corrected chi connectivity index (χ0v) is 12.5. The molecule has 1 unspecified atom stereocenters. The van der Waals surface area contributed by atoms with Crippen LogP contribution in [-0.2, 0) is 16.0 Å². The van der Waals surface area contributed by atoms with Crippen LogP contribution in [0.25, 0.3) is 0 Å². The third-order valence-corrected chi connectivity index (χ3v) is 4.52. The Morgan fingerprint density at radius 3 is 2.30 bits per heavy atom. The SMILES string of the molecule is Cc1cc(C)c(CC2(C(=O)O)CCCCC2=O)c(C)c1. The first-order valence-electron chi connectivity index (χ1n) is 7.20. The molecule has 0 spiro atoms. The Bertz CT molecular complexity index is 536. The molecule has 0 radical (unpaired) electrons. The summed E-state index contributed by atoms with van der Waals surface area (Å²) >= 11 is 0. The summed E-state index contributed by atoms with van der Waals surface area (Å²) in [6.07, 6.45) is 2.84. The van der Waals surface area contributed by atoms with Crippen molar-refractivity contribution in [3.05, 3.63) is 34.4 Å². The highest BCUT2D eigenvalue weighted by Crippen LogP contribution is 2.38. The summed E-state index contributed by atoms with van der Waals surface area (Å²) in [5.41, 5.74) is 3.16. The molecule has 20 heavy (non-hydrogen) atoms. The second-order valence-electron chi connectivity index (χ2n) is 6.07. The number of rotatable bonds is 3. The van der Waals surface area contributed by atoms with E-state index in [0.717, 1.165) is 29.5 Å². The molecular formula is C17H22O3. The van der Waals surface area contributed by atoms with Crippen molar-refractivity contribution < 1.29 is 14.7 Å². The summed E-state index contributed by atoms with van der Waals surface area (Å²) in [7, 11) is 0. The predicted octanol–water partition coefficient (Wildman–Crippen LogP) is 3.37. The average Bonchev–Trinajstić information content (AvgIpc) is 2.35. The normalized spacial score (nSPS) is 22.9. The lowest BCUT2D eigenvalue weighted by Gasteiger charge is -2.32. The van der Waals surface area contributed by atoms with Crippen LogP contribution in [0.15, 0.2) is 12.1 Å². The van der Waals surface area contributed by atoms with Gasteiger partial charge < -0.3 is 5.11 Å². The van der Waals surface area contributed by atoms with Crippen LogP contribution < -0.4 is 0 Å². The van der Waals surface area contributed by atoms with E-state index in [9.17, 15) is 14.7 Å². The van der Waals surface area contributed by atoms with Crippen molar-refractivity contribution in [1.29, 1.82) is 0 Å². The first kappa shape index (κ1) is 14.8. The van der Waals surface area contributed by atoms with Crippen LogP contribution >= 0.6 is 0 Å².